The van der Waals surface area contributed by atoms with Gasteiger partial charge in [-0.2, -0.15) is 0 Å². The predicted molar refractivity (Wildman–Crippen MR) is 82.6 cm³/mol. The number of fused-ring (bicyclic) bond motifs is 1. The third-order valence-corrected chi connectivity index (χ3v) is 4.09. The Morgan fingerprint density at radius 3 is 3.00 bits per heavy atom. The Kier molecular flexibility index (Phi) is 4.19. The molecule has 0 spiro atoms. The van der Waals surface area contributed by atoms with Crippen LogP contribution in [0.5, 0.6) is 0 Å². The summed E-state index contributed by atoms with van der Waals surface area (Å²) in [5.74, 6) is 0. The van der Waals surface area contributed by atoms with Gasteiger partial charge in [-0.15, -0.1) is 0 Å². The van der Waals surface area contributed by atoms with Crippen molar-refractivity contribution in [1.29, 1.82) is 0 Å². The average molecular weight is 270 g/mol. The average Bonchev–Trinajstić information content (AvgIpc) is 3.13. The lowest BCUT2D eigenvalue weighted by atomic mass is 10.1. The van der Waals surface area contributed by atoms with Crippen LogP contribution in [0.15, 0.2) is 46.6 Å². The number of allylic oxidation sites excluding steroid dienone is 1. The molecular formula is C17H22N2O. The summed E-state index contributed by atoms with van der Waals surface area (Å²) in [7, 11) is 0. The maximum Gasteiger partial charge on any atom is 0.134 e. The maximum atomic E-state index is 5.93. The van der Waals surface area contributed by atoms with Crippen molar-refractivity contribution in [2.45, 2.75) is 31.7 Å². The number of nitrogens with one attached hydrogen (secondary N) is 1. The van der Waals surface area contributed by atoms with E-state index in [1.807, 2.05) is 24.5 Å². The highest BCUT2D eigenvalue weighted by Gasteiger charge is 2.15. The third-order valence-electron chi connectivity index (χ3n) is 4.09. The van der Waals surface area contributed by atoms with Gasteiger partial charge in [-0.05, 0) is 38.3 Å². The lowest BCUT2D eigenvalue weighted by Gasteiger charge is -2.16. The lowest BCUT2D eigenvalue weighted by Crippen LogP contribution is -2.29. The lowest BCUT2D eigenvalue weighted by molar-refractivity contribution is 0.530. The van der Waals surface area contributed by atoms with Crippen LogP contribution < -0.4 is 11.1 Å². The summed E-state index contributed by atoms with van der Waals surface area (Å²) in [4.78, 5) is 0. The van der Waals surface area contributed by atoms with Gasteiger partial charge in [0.2, 0.25) is 0 Å². The highest BCUT2D eigenvalue weighted by molar-refractivity contribution is 5.81. The van der Waals surface area contributed by atoms with E-state index in [-0.39, 0.29) is 6.04 Å². The van der Waals surface area contributed by atoms with Crippen molar-refractivity contribution in [1.82, 2.24) is 5.32 Å². The highest BCUT2D eigenvalue weighted by atomic mass is 16.3. The minimum Gasteiger partial charge on any atom is -0.464 e. The normalized spacial score (nSPS) is 16.6. The Balaban J connectivity index is 1.66. The van der Waals surface area contributed by atoms with Gasteiger partial charge in [0.05, 0.1) is 6.26 Å². The Hall–Kier alpha value is -1.58. The highest BCUT2D eigenvalue weighted by Crippen LogP contribution is 2.26. The van der Waals surface area contributed by atoms with Crippen LogP contribution in [0.4, 0.5) is 0 Å². The van der Waals surface area contributed by atoms with Gasteiger partial charge < -0.3 is 15.5 Å². The number of para-hydroxylation sites is 1. The maximum absolute atomic E-state index is 5.93. The van der Waals surface area contributed by atoms with Crippen LogP contribution in [-0.4, -0.2) is 13.1 Å². The zero-order valence-electron chi connectivity index (χ0n) is 11.8. The molecule has 106 valence electrons. The van der Waals surface area contributed by atoms with Crippen molar-refractivity contribution in [3.8, 4) is 0 Å². The Morgan fingerprint density at radius 2 is 2.20 bits per heavy atom. The van der Waals surface area contributed by atoms with Crippen LogP contribution in [0.2, 0.25) is 0 Å². The quantitative estimate of drug-likeness (QED) is 0.790. The fourth-order valence-corrected chi connectivity index (χ4v) is 2.96. The summed E-state index contributed by atoms with van der Waals surface area (Å²) in [6.07, 6.45) is 9.19. The van der Waals surface area contributed by atoms with E-state index < -0.39 is 0 Å². The van der Waals surface area contributed by atoms with E-state index in [4.69, 9.17) is 10.2 Å². The first-order valence-corrected chi connectivity index (χ1v) is 7.46. The molecule has 0 amide bonds. The second kappa shape index (κ2) is 6.25. The Bertz CT molecular complexity index is 600. The number of benzene rings is 1. The molecule has 1 heterocycles. The zero-order chi connectivity index (χ0) is 13.8. The molecule has 1 aliphatic carbocycles. The molecule has 1 aromatic heterocycles. The van der Waals surface area contributed by atoms with Crippen molar-refractivity contribution >= 4 is 11.0 Å². The molecule has 0 bridgehead atoms. The number of nitrogens with two attached hydrogens (primary N) is 1. The molecular weight excluding hydrogens is 248 g/mol. The molecule has 20 heavy (non-hydrogen) atoms. The zero-order valence-corrected chi connectivity index (χ0v) is 11.8. The topological polar surface area (TPSA) is 51.2 Å². The molecule has 0 fully saturated rings. The van der Waals surface area contributed by atoms with Crippen LogP contribution in [0, 0.1) is 0 Å². The largest absolute Gasteiger partial charge is 0.464 e. The number of hydrogen-bond acceptors (Lipinski definition) is 3. The molecule has 1 aliphatic rings. The molecule has 0 radical (unpaired) electrons. The summed E-state index contributed by atoms with van der Waals surface area (Å²) in [6, 6.07) is 8.29. The van der Waals surface area contributed by atoms with Crippen LogP contribution in [0.25, 0.3) is 11.0 Å². The standard InChI is InChI=1S/C17H22N2O/c18-11-16(19-10-9-13-5-1-2-6-13)15-12-20-17-8-4-3-7-14(15)17/h3-5,7-8,12,16,19H,1-2,6,9-11,18H2. The fraction of sp³-hybridized carbons (Fsp3) is 0.412. The monoisotopic (exact) mass is 270 g/mol. The van der Waals surface area contributed by atoms with Gasteiger partial charge in [-0.3, -0.25) is 0 Å². The van der Waals surface area contributed by atoms with E-state index in [9.17, 15) is 0 Å². The van der Waals surface area contributed by atoms with E-state index in [2.05, 4.69) is 17.5 Å². The van der Waals surface area contributed by atoms with Gasteiger partial charge in [0.1, 0.15) is 5.58 Å². The second-order valence-electron chi connectivity index (χ2n) is 5.43. The first kappa shape index (κ1) is 13.4. The van der Waals surface area contributed by atoms with Gasteiger partial charge >= 0.3 is 0 Å². The van der Waals surface area contributed by atoms with Crippen molar-refractivity contribution < 1.29 is 4.42 Å². The molecule has 2 aromatic rings. The van der Waals surface area contributed by atoms with E-state index in [1.165, 1.54) is 24.8 Å². The van der Waals surface area contributed by atoms with Crippen LogP contribution in [0.1, 0.15) is 37.3 Å². The summed E-state index contributed by atoms with van der Waals surface area (Å²) in [5.41, 5.74) is 9.62. The SMILES string of the molecule is NCC(NCCC1=CCCC1)c1coc2ccccc12. The molecule has 3 nitrogen and oxygen atoms in total. The molecule has 3 heteroatoms. The molecule has 3 N–H and O–H groups in total. The number of hydrogen-bond donors (Lipinski definition) is 2. The fourth-order valence-electron chi connectivity index (χ4n) is 2.96. The Labute approximate surface area is 119 Å². The smallest absolute Gasteiger partial charge is 0.134 e. The van der Waals surface area contributed by atoms with Gasteiger partial charge in [0, 0.05) is 23.5 Å². The minimum absolute atomic E-state index is 0.167. The number of furan rings is 1. The van der Waals surface area contributed by atoms with Crippen molar-refractivity contribution in [3.63, 3.8) is 0 Å². The van der Waals surface area contributed by atoms with Crippen molar-refractivity contribution in [3.05, 3.63) is 47.7 Å². The summed E-state index contributed by atoms with van der Waals surface area (Å²) < 4.78 is 5.60. The molecule has 1 unspecified atom stereocenters. The van der Waals surface area contributed by atoms with Gasteiger partial charge in [0.15, 0.2) is 0 Å². The van der Waals surface area contributed by atoms with Crippen LogP contribution >= 0.6 is 0 Å². The van der Waals surface area contributed by atoms with Gasteiger partial charge in [-0.1, -0.05) is 29.8 Å². The molecule has 1 aromatic carbocycles. The van der Waals surface area contributed by atoms with E-state index in [0.717, 1.165) is 23.9 Å². The van der Waals surface area contributed by atoms with Gasteiger partial charge in [0.25, 0.3) is 0 Å². The minimum atomic E-state index is 0.167. The molecule has 0 saturated carbocycles. The molecule has 0 saturated heterocycles. The van der Waals surface area contributed by atoms with E-state index >= 15 is 0 Å². The van der Waals surface area contributed by atoms with Crippen LogP contribution in [0.3, 0.4) is 0 Å². The third kappa shape index (κ3) is 2.79. The first-order chi connectivity index (χ1) is 9.88. The predicted octanol–water partition coefficient (Wildman–Crippen LogP) is 3.52. The number of rotatable bonds is 6. The molecule has 0 aliphatic heterocycles. The van der Waals surface area contributed by atoms with Crippen LogP contribution in [-0.2, 0) is 0 Å². The van der Waals surface area contributed by atoms with Crippen molar-refractivity contribution in [2.75, 3.05) is 13.1 Å². The van der Waals surface area contributed by atoms with E-state index in [1.54, 1.807) is 5.57 Å². The summed E-state index contributed by atoms with van der Waals surface area (Å²) in [5, 5.41) is 4.73. The summed E-state index contributed by atoms with van der Waals surface area (Å²) in [6.45, 7) is 1.57. The first-order valence-electron chi connectivity index (χ1n) is 7.46. The molecule has 3 rings (SSSR count). The van der Waals surface area contributed by atoms with E-state index in [0.29, 0.717) is 6.54 Å². The van der Waals surface area contributed by atoms with Gasteiger partial charge in [-0.25, -0.2) is 0 Å². The Morgan fingerprint density at radius 1 is 1.30 bits per heavy atom. The molecule has 1 atom stereocenters. The summed E-state index contributed by atoms with van der Waals surface area (Å²) >= 11 is 0. The second-order valence-corrected chi connectivity index (χ2v) is 5.43. The van der Waals surface area contributed by atoms with Crippen molar-refractivity contribution in [2.24, 2.45) is 5.73 Å².